The van der Waals surface area contributed by atoms with Crippen LogP contribution >= 0.6 is 11.6 Å². The van der Waals surface area contributed by atoms with Crippen molar-refractivity contribution in [3.05, 3.63) is 40.7 Å². The number of rotatable bonds is 2. The van der Waals surface area contributed by atoms with Crippen molar-refractivity contribution in [2.75, 3.05) is 5.73 Å². The number of hydrogen-bond acceptors (Lipinski definition) is 2. The van der Waals surface area contributed by atoms with Crippen LogP contribution in [0.2, 0.25) is 5.02 Å². The van der Waals surface area contributed by atoms with Gasteiger partial charge in [-0.3, -0.25) is 0 Å². The molecule has 1 heterocycles. The Morgan fingerprint density at radius 3 is 2.65 bits per heavy atom. The van der Waals surface area contributed by atoms with Crippen LogP contribution in [0.15, 0.2) is 24.4 Å². The SMILES string of the molecule is Cc1cn(-c2ccc(N)cc2Cl)nc1C(F)F. The van der Waals surface area contributed by atoms with Crippen molar-refractivity contribution >= 4 is 17.3 Å². The van der Waals surface area contributed by atoms with Crippen LogP contribution in [0.4, 0.5) is 14.5 Å². The first-order valence-corrected chi connectivity index (χ1v) is 5.26. The number of nitrogens with zero attached hydrogens (tertiary/aromatic N) is 2. The molecule has 2 N–H and O–H groups in total. The van der Waals surface area contributed by atoms with Crippen molar-refractivity contribution in [2.45, 2.75) is 13.3 Å². The first kappa shape index (κ1) is 11.9. The average molecular weight is 258 g/mol. The van der Waals surface area contributed by atoms with Crippen molar-refractivity contribution in [2.24, 2.45) is 0 Å². The first-order valence-electron chi connectivity index (χ1n) is 4.88. The molecule has 1 aromatic heterocycles. The van der Waals surface area contributed by atoms with Gasteiger partial charge in [-0.05, 0) is 30.7 Å². The largest absolute Gasteiger partial charge is 0.399 e. The van der Waals surface area contributed by atoms with E-state index in [2.05, 4.69) is 5.10 Å². The number of aromatic nitrogens is 2. The summed E-state index contributed by atoms with van der Waals surface area (Å²) in [5, 5.41) is 4.18. The van der Waals surface area contributed by atoms with E-state index in [9.17, 15) is 8.78 Å². The summed E-state index contributed by atoms with van der Waals surface area (Å²) in [7, 11) is 0. The van der Waals surface area contributed by atoms with E-state index in [1.807, 2.05) is 0 Å². The van der Waals surface area contributed by atoms with E-state index >= 15 is 0 Å². The van der Waals surface area contributed by atoms with E-state index in [0.717, 1.165) is 0 Å². The first-order chi connectivity index (χ1) is 7.99. The Kier molecular flexibility index (Phi) is 3.02. The van der Waals surface area contributed by atoms with Crippen LogP contribution in [0.3, 0.4) is 0 Å². The number of anilines is 1. The molecule has 0 unspecified atom stereocenters. The van der Waals surface area contributed by atoms with Crippen LogP contribution < -0.4 is 5.73 Å². The summed E-state index contributed by atoms with van der Waals surface area (Å²) in [5.41, 5.74) is 6.78. The predicted molar refractivity (Wildman–Crippen MR) is 62.7 cm³/mol. The molecule has 0 aliphatic rings. The van der Waals surface area contributed by atoms with Crippen molar-refractivity contribution in [1.82, 2.24) is 9.78 Å². The van der Waals surface area contributed by atoms with Crippen LogP contribution in [0, 0.1) is 6.92 Å². The van der Waals surface area contributed by atoms with Gasteiger partial charge in [-0.25, -0.2) is 13.5 Å². The molecular weight excluding hydrogens is 248 g/mol. The minimum Gasteiger partial charge on any atom is -0.399 e. The van der Waals surface area contributed by atoms with Crippen LogP contribution in [-0.4, -0.2) is 9.78 Å². The molecule has 90 valence electrons. The number of aryl methyl sites for hydroxylation is 1. The lowest BCUT2D eigenvalue weighted by molar-refractivity contribution is 0.145. The standard InChI is InChI=1S/C11H10ClF2N3/c1-6-5-17(16-10(6)11(13)14)9-3-2-7(15)4-8(9)12/h2-5,11H,15H2,1H3. The number of hydrogen-bond donors (Lipinski definition) is 1. The zero-order valence-corrected chi connectivity index (χ0v) is 9.75. The van der Waals surface area contributed by atoms with Gasteiger partial charge in [0, 0.05) is 11.9 Å². The van der Waals surface area contributed by atoms with Crippen molar-refractivity contribution in [1.29, 1.82) is 0 Å². The molecule has 0 aliphatic carbocycles. The van der Waals surface area contributed by atoms with Crippen molar-refractivity contribution < 1.29 is 8.78 Å². The van der Waals surface area contributed by atoms with Gasteiger partial charge >= 0.3 is 0 Å². The highest BCUT2D eigenvalue weighted by atomic mass is 35.5. The summed E-state index contributed by atoms with van der Waals surface area (Å²) in [6.07, 6.45) is -1.08. The van der Waals surface area contributed by atoms with Gasteiger partial charge in [0.2, 0.25) is 0 Å². The highest BCUT2D eigenvalue weighted by molar-refractivity contribution is 6.32. The normalized spacial score (nSPS) is 11.1. The quantitative estimate of drug-likeness (QED) is 0.839. The molecule has 0 spiro atoms. The smallest absolute Gasteiger partial charge is 0.282 e. The number of nitrogen functional groups attached to an aromatic ring is 1. The summed E-state index contributed by atoms with van der Waals surface area (Å²) < 4.78 is 26.5. The van der Waals surface area contributed by atoms with Crippen LogP contribution in [-0.2, 0) is 0 Å². The molecule has 0 fully saturated rings. The van der Waals surface area contributed by atoms with E-state index in [1.54, 1.807) is 25.1 Å². The molecule has 0 saturated carbocycles. The van der Waals surface area contributed by atoms with Crippen LogP contribution in [0.25, 0.3) is 5.69 Å². The lowest BCUT2D eigenvalue weighted by atomic mass is 10.3. The van der Waals surface area contributed by atoms with Gasteiger partial charge in [-0.2, -0.15) is 5.10 Å². The zero-order chi connectivity index (χ0) is 12.6. The maximum atomic E-state index is 12.6. The Bertz CT molecular complexity index is 552. The van der Waals surface area contributed by atoms with Crippen LogP contribution in [0.1, 0.15) is 17.7 Å². The fraction of sp³-hybridized carbons (Fsp3) is 0.182. The highest BCUT2D eigenvalue weighted by Gasteiger charge is 2.16. The lowest BCUT2D eigenvalue weighted by Gasteiger charge is -2.04. The Morgan fingerprint density at radius 1 is 1.41 bits per heavy atom. The summed E-state index contributed by atoms with van der Waals surface area (Å²) in [6, 6.07) is 4.83. The van der Waals surface area contributed by atoms with E-state index in [1.165, 1.54) is 10.9 Å². The molecule has 3 nitrogen and oxygen atoms in total. The topological polar surface area (TPSA) is 43.8 Å². The number of nitrogens with two attached hydrogens (primary N) is 1. The van der Waals surface area contributed by atoms with Gasteiger partial charge in [-0.15, -0.1) is 0 Å². The Labute approximate surface area is 102 Å². The van der Waals surface area contributed by atoms with E-state index < -0.39 is 6.43 Å². The third-order valence-corrected chi connectivity index (χ3v) is 2.66. The zero-order valence-electron chi connectivity index (χ0n) is 8.99. The average Bonchev–Trinajstić information content (AvgIpc) is 2.60. The maximum Gasteiger partial charge on any atom is 0.282 e. The molecule has 0 bridgehead atoms. The molecule has 0 atom stereocenters. The second-order valence-electron chi connectivity index (χ2n) is 3.65. The molecular formula is C11H10ClF2N3. The van der Waals surface area contributed by atoms with Gasteiger partial charge < -0.3 is 5.73 Å². The molecule has 0 radical (unpaired) electrons. The Balaban J connectivity index is 2.50. The van der Waals surface area contributed by atoms with Crippen molar-refractivity contribution in [3.8, 4) is 5.69 Å². The Hall–Kier alpha value is -1.62. The minimum absolute atomic E-state index is 0.238. The minimum atomic E-state index is -2.59. The fourth-order valence-corrected chi connectivity index (χ4v) is 1.80. The number of halogens is 3. The summed E-state index contributed by atoms with van der Waals surface area (Å²) in [4.78, 5) is 0. The third-order valence-electron chi connectivity index (χ3n) is 2.36. The second-order valence-corrected chi connectivity index (χ2v) is 4.06. The number of alkyl halides is 2. The van der Waals surface area contributed by atoms with Gasteiger partial charge in [-0.1, -0.05) is 11.6 Å². The highest BCUT2D eigenvalue weighted by Crippen LogP contribution is 2.26. The third kappa shape index (κ3) is 2.24. The van der Waals surface area contributed by atoms with Gasteiger partial charge in [0.25, 0.3) is 6.43 Å². The predicted octanol–water partition coefficient (Wildman–Crippen LogP) is 3.35. The van der Waals surface area contributed by atoms with E-state index in [-0.39, 0.29) is 5.69 Å². The molecule has 0 aliphatic heterocycles. The van der Waals surface area contributed by atoms with Gasteiger partial charge in [0.15, 0.2) is 0 Å². The van der Waals surface area contributed by atoms with Gasteiger partial charge in [0.1, 0.15) is 5.69 Å². The molecule has 0 saturated heterocycles. The Morgan fingerprint density at radius 2 is 2.12 bits per heavy atom. The summed E-state index contributed by atoms with van der Waals surface area (Å²) in [6.45, 7) is 1.58. The van der Waals surface area contributed by atoms with E-state index in [0.29, 0.717) is 22.0 Å². The maximum absolute atomic E-state index is 12.6. The van der Waals surface area contributed by atoms with Gasteiger partial charge in [0.05, 0.1) is 10.7 Å². The monoisotopic (exact) mass is 257 g/mol. The molecule has 2 aromatic rings. The fourth-order valence-electron chi connectivity index (χ4n) is 1.52. The van der Waals surface area contributed by atoms with Crippen LogP contribution in [0.5, 0.6) is 0 Å². The molecule has 2 rings (SSSR count). The molecule has 1 aromatic carbocycles. The second kappa shape index (κ2) is 4.33. The molecule has 6 heteroatoms. The molecule has 17 heavy (non-hydrogen) atoms. The number of benzene rings is 1. The molecule has 0 amide bonds. The van der Waals surface area contributed by atoms with Crippen molar-refractivity contribution in [3.63, 3.8) is 0 Å². The summed E-state index contributed by atoms with van der Waals surface area (Å²) in [5.74, 6) is 0. The lowest BCUT2D eigenvalue weighted by Crippen LogP contribution is -1.98. The van der Waals surface area contributed by atoms with E-state index in [4.69, 9.17) is 17.3 Å². The summed E-state index contributed by atoms with van der Waals surface area (Å²) >= 11 is 5.98.